The summed E-state index contributed by atoms with van der Waals surface area (Å²) in [6, 6.07) is 4.23. The van der Waals surface area contributed by atoms with Crippen LogP contribution in [0.2, 0.25) is 5.02 Å². The second-order valence-corrected chi connectivity index (χ2v) is 12.4. The van der Waals surface area contributed by atoms with E-state index in [0.717, 1.165) is 5.69 Å². The predicted octanol–water partition coefficient (Wildman–Crippen LogP) is 4.11. The number of carbonyl (C=O) groups is 3. The molecule has 0 aliphatic carbocycles. The molecule has 4 rings (SSSR count). The first-order valence-electron chi connectivity index (χ1n) is 13.9. The number of amides is 2. The Kier molecular flexibility index (Phi) is 10.3. The fourth-order valence-electron chi connectivity index (χ4n) is 4.92. The second kappa shape index (κ2) is 13.7. The van der Waals surface area contributed by atoms with E-state index in [1.165, 1.54) is 17.4 Å². The van der Waals surface area contributed by atoms with Crippen molar-refractivity contribution in [2.45, 2.75) is 46.7 Å². The lowest BCUT2D eigenvalue weighted by Crippen LogP contribution is -2.50. The molecule has 2 saturated heterocycles. The molecule has 2 aliphatic heterocycles. The summed E-state index contributed by atoms with van der Waals surface area (Å²) >= 11 is 7.54. The normalized spacial score (nSPS) is 17.8. The van der Waals surface area contributed by atoms with Crippen LogP contribution in [0, 0.1) is 18.2 Å². The molecule has 1 unspecified atom stereocenters. The quantitative estimate of drug-likeness (QED) is 0.215. The Labute approximate surface area is 259 Å². The Morgan fingerprint density at radius 1 is 1.33 bits per heavy atom. The number of carbonyl (C=O) groups excluding carboxylic acids is 2. The smallest absolute Gasteiger partial charge is 0.320 e. The van der Waals surface area contributed by atoms with Crippen LogP contribution in [0.5, 0.6) is 0 Å². The van der Waals surface area contributed by atoms with Gasteiger partial charge in [0.15, 0.2) is 10.8 Å². The highest BCUT2D eigenvalue weighted by Gasteiger charge is 2.43. The number of aliphatic imine (C=N–C) groups is 1. The number of piperazine rings is 1. The van der Waals surface area contributed by atoms with Crippen molar-refractivity contribution in [3.05, 3.63) is 62.6 Å². The molecule has 2 amide bonds. The maximum Gasteiger partial charge on any atom is 0.320 e. The minimum Gasteiger partial charge on any atom is -0.481 e. The van der Waals surface area contributed by atoms with Crippen molar-refractivity contribution in [1.29, 1.82) is 0 Å². The van der Waals surface area contributed by atoms with Gasteiger partial charge in [0.05, 0.1) is 36.1 Å². The maximum atomic E-state index is 14.0. The van der Waals surface area contributed by atoms with Crippen LogP contribution in [-0.4, -0.2) is 94.0 Å². The van der Waals surface area contributed by atoms with Gasteiger partial charge < -0.3 is 29.9 Å². The summed E-state index contributed by atoms with van der Waals surface area (Å²) in [5.41, 5.74) is 0.743. The van der Waals surface area contributed by atoms with Crippen LogP contribution >= 0.6 is 22.9 Å². The minimum absolute atomic E-state index is 0.00650. The second-order valence-electron chi connectivity index (χ2n) is 11.1. The average Bonchev–Trinajstić information content (AvgIpc) is 3.50. The molecule has 0 bridgehead atoms. The standard InChI is InChI=1S/C29H36ClFN6O5S/c1-5-42-23(38)11-20(13-35-9-10-37-21(14-35)15-36(28(37)41)17-29(3,4)27(39)40)34-25(26-33-18(2)16-43-26)32-12-19-7-6-8-22(31)24(19)30/h6-8,13,16,21H,5,9-12,14-15,17H2,1-4H3,(H,32,34)(H,39,40)/b20-13-. The van der Waals surface area contributed by atoms with Gasteiger partial charge in [-0.15, -0.1) is 11.3 Å². The number of carboxylic acid groups (broad SMARTS) is 1. The number of aliphatic carboxylic acids is 1. The van der Waals surface area contributed by atoms with E-state index in [-0.39, 0.29) is 43.2 Å². The zero-order chi connectivity index (χ0) is 31.3. The number of aromatic nitrogens is 1. The Morgan fingerprint density at radius 2 is 2.09 bits per heavy atom. The molecule has 2 aromatic rings. The van der Waals surface area contributed by atoms with E-state index in [1.54, 1.807) is 42.7 Å². The average molecular weight is 635 g/mol. The van der Waals surface area contributed by atoms with E-state index in [2.05, 4.69) is 15.3 Å². The topological polar surface area (TPSA) is 128 Å². The molecule has 43 heavy (non-hydrogen) atoms. The third-order valence-corrected chi connectivity index (χ3v) is 8.53. The van der Waals surface area contributed by atoms with Gasteiger partial charge in [-0.2, -0.15) is 0 Å². The van der Waals surface area contributed by atoms with Gasteiger partial charge in [0, 0.05) is 55.7 Å². The monoisotopic (exact) mass is 634 g/mol. The van der Waals surface area contributed by atoms with Crippen molar-refractivity contribution in [3.8, 4) is 0 Å². The molecule has 232 valence electrons. The number of nitrogens with zero attached hydrogens (tertiary/aromatic N) is 5. The number of carboxylic acids is 1. The number of rotatable bonds is 11. The fraction of sp³-hybridized carbons (Fsp3) is 0.483. The lowest BCUT2D eigenvalue weighted by atomic mass is 9.93. The van der Waals surface area contributed by atoms with Crippen LogP contribution < -0.4 is 5.32 Å². The number of fused-ring (bicyclic) bond motifs is 1. The molecule has 2 fully saturated rings. The summed E-state index contributed by atoms with van der Waals surface area (Å²) in [6.07, 6.45) is 1.76. The van der Waals surface area contributed by atoms with Gasteiger partial charge in [0.1, 0.15) is 5.82 Å². The van der Waals surface area contributed by atoms with Crippen molar-refractivity contribution in [2.75, 3.05) is 39.3 Å². The van der Waals surface area contributed by atoms with E-state index < -0.39 is 23.2 Å². The molecule has 11 nitrogen and oxygen atoms in total. The molecule has 0 saturated carbocycles. The van der Waals surface area contributed by atoms with Crippen molar-refractivity contribution < 1.29 is 28.6 Å². The van der Waals surface area contributed by atoms with Crippen molar-refractivity contribution in [3.63, 3.8) is 0 Å². The Bertz CT molecular complexity index is 1430. The highest BCUT2D eigenvalue weighted by molar-refractivity contribution is 7.11. The number of hydrogen-bond donors (Lipinski definition) is 2. The fourth-order valence-corrected chi connectivity index (χ4v) is 5.86. The summed E-state index contributed by atoms with van der Waals surface area (Å²) in [7, 11) is 0. The summed E-state index contributed by atoms with van der Waals surface area (Å²) < 4.78 is 19.3. The zero-order valence-corrected chi connectivity index (χ0v) is 26.2. The molecule has 14 heteroatoms. The SMILES string of the molecule is CCOC(=O)C/C(=C/N1CCN2C(=O)N(CC(C)(C)C(=O)O)CC2C1)NC(=NCc1cccc(F)c1Cl)c1nc(C)cs1. The molecule has 1 atom stereocenters. The molecule has 3 heterocycles. The van der Waals surface area contributed by atoms with Crippen molar-refractivity contribution >= 4 is 46.7 Å². The number of nitrogens with one attached hydrogen (secondary N) is 1. The molecule has 2 N–H and O–H groups in total. The Morgan fingerprint density at radius 3 is 2.77 bits per heavy atom. The molecule has 1 aromatic carbocycles. The minimum atomic E-state index is -1.07. The number of amidine groups is 1. The molecular formula is C29H36ClFN6O5S. The number of ether oxygens (including phenoxy) is 1. The summed E-state index contributed by atoms with van der Waals surface area (Å²) in [6.45, 7) is 9.07. The van der Waals surface area contributed by atoms with E-state index >= 15 is 0 Å². The number of urea groups is 1. The van der Waals surface area contributed by atoms with Crippen molar-refractivity contribution in [1.82, 2.24) is 25.0 Å². The van der Waals surface area contributed by atoms with Crippen LogP contribution in [0.3, 0.4) is 0 Å². The summed E-state index contributed by atoms with van der Waals surface area (Å²) in [5.74, 6) is -1.53. The van der Waals surface area contributed by atoms with Gasteiger partial charge in [-0.05, 0) is 39.3 Å². The Hall–Kier alpha value is -3.71. The van der Waals surface area contributed by atoms with E-state index in [9.17, 15) is 23.9 Å². The first-order valence-corrected chi connectivity index (χ1v) is 15.2. The lowest BCUT2D eigenvalue weighted by Gasteiger charge is -2.36. The molecule has 0 radical (unpaired) electrons. The van der Waals surface area contributed by atoms with Crippen LogP contribution in [-0.2, 0) is 20.9 Å². The molecular weight excluding hydrogens is 599 g/mol. The van der Waals surface area contributed by atoms with Crippen molar-refractivity contribution in [2.24, 2.45) is 10.4 Å². The maximum absolute atomic E-state index is 14.0. The van der Waals surface area contributed by atoms with Gasteiger partial charge in [-0.1, -0.05) is 23.7 Å². The summed E-state index contributed by atoms with van der Waals surface area (Å²) in [4.78, 5) is 51.9. The van der Waals surface area contributed by atoms with E-state index in [4.69, 9.17) is 16.3 Å². The summed E-state index contributed by atoms with van der Waals surface area (Å²) in [5, 5.41) is 15.3. The number of aryl methyl sites for hydroxylation is 1. The first-order chi connectivity index (χ1) is 20.4. The van der Waals surface area contributed by atoms with Crippen LogP contribution in [0.4, 0.5) is 9.18 Å². The third-order valence-electron chi connectivity index (χ3n) is 7.14. The lowest BCUT2D eigenvalue weighted by molar-refractivity contribution is -0.147. The first kappa shape index (κ1) is 32.2. The van der Waals surface area contributed by atoms with Crippen LogP contribution in [0.15, 0.2) is 40.5 Å². The largest absolute Gasteiger partial charge is 0.481 e. The zero-order valence-electron chi connectivity index (χ0n) is 24.6. The predicted molar refractivity (Wildman–Crippen MR) is 161 cm³/mol. The highest BCUT2D eigenvalue weighted by atomic mass is 35.5. The van der Waals surface area contributed by atoms with E-state index in [1.807, 2.05) is 23.4 Å². The van der Waals surface area contributed by atoms with Crippen LogP contribution in [0.1, 0.15) is 43.5 Å². The van der Waals surface area contributed by atoms with Gasteiger partial charge in [-0.25, -0.2) is 14.2 Å². The number of esters is 1. The molecule has 0 spiro atoms. The van der Waals surface area contributed by atoms with Gasteiger partial charge in [0.25, 0.3) is 0 Å². The van der Waals surface area contributed by atoms with Gasteiger partial charge in [0.2, 0.25) is 0 Å². The number of halogens is 2. The number of hydrogen-bond acceptors (Lipinski definition) is 8. The van der Waals surface area contributed by atoms with Gasteiger partial charge in [-0.3, -0.25) is 14.6 Å². The number of thiazole rings is 1. The van der Waals surface area contributed by atoms with Crippen LogP contribution in [0.25, 0.3) is 0 Å². The van der Waals surface area contributed by atoms with E-state index in [0.29, 0.717) is 48.3 Å². The molecule has 1 aromatic heterocycles. The Balaban J connectivity index is 1.57. The third kappa shape index (κ3) is 8.02. The number of benzene rings is 1. The molecule has 2 aliphatic rings. The van der Waals surface area contributed by atoms with Gasteiger partial charge >= 0.3 is 18.0 Å². The highest BCUT2D eigenvalue weighted by Crippen LogP contribution is 2.26.